The number of ether oxygens (including phenoxy) is 1. The summed E-state index contributed by atoms with van der Waals surface area (Å²) in [4.78, 5) is 0. The molecule has 4 nitrogen and oxygen atoms in total. The van der Waals surface area contributed by atoms with Gasteiger partial charge in [-0.15, -0.1) is 0 Å². The highest BCUT2D eigenvalue weighted by atomic mass is 32.2. The Kier molecular flexibility index (Phi) is 5.63. The summed E-state index contributed by atoms with van der Waals surface area (Å²) in [5.74, 6) is 0.139. The van der Waals surface area contributed by atoms with E-state index >= 15 is 0 Å². The largest absolute Gasteiger partial charge is 0.497 e. The van der Waals surface area contributed by atoms with Crippen molar-refractivity contribution >= 4 is 10.0 Å². The molecule has 0 heterocycles. The molecule has 0 saturated heterocycles. The van der Waals surface area contributed by atoms with Gasteiger partial charge in [0.05, 0.1) is 12.9 Å². The smallest absolute Gasteiger partial charge is 0.215 e. The number of methoxy groups -OCH3 is 1. The van der Waals surface area contributed by atoms with E-state index in [-0.39, 0.29) is 11.2 Å². The second-order valence-electron chi connectivity index (χ2n) is 6.93. The summed E-state index contributed by atoms with van der Waals surface area (Å²) >= 11 is 0. The highest BCUT2D eigenvalue weighted by Crippen LogP contribution is 2.41. The normalized spacial score (nSPS) is 16.5. The van der Waals surface area contributed by atoms with E-state index in [2.05, 4.69) is 4.72 Å². The molecule has 2 aromatic carbocycles. The summed E-state index contributed by atoms with van der Waals surface area (Å²) < 4.78 is 46.2. The fraction of sp³-hybridized carbons (Fsp3) is 0.400. The third-order valence-corrected chi connectivity index (χ3v) is 6.44. The van der Waals surface area contributed by atoms with Gasteiger partial charge in [-0.25, -0.2) is 17.5 Å². The van der Waals surface area contributed by atoms with Crippen LogP contribution in [0.15, 0.2) is 48.5 Å². The molecular weight excluding hydrogens is 353 g/mol. The SMILES string of the molecule is COc1ccc(C2(CNS(=O)(=O)Cc3cccc(F)c3)CCCC2)cc1. The molecule has 0 radical (unpaired) electrons. The van der Waals surface area contributed by atoms with Crippen molar-refractivity contribution in [2.45, 2.75) is 36.9 Å². The molecule has 0 spiro atoms. The number of rotatable bonds is 7. The molecule has 26 heavy (non-hydrogen) atoms. The Labute approximate surface area is 154 Å². The Balaban J connectivity index is 1.73. The lowest BCUT2D eigenvalue weighted by molar-refractivity contribution is 0.410. The number of halogens is 1. The summed E-state index contributed by atoms with van der Waals surface area (Å²) in [6, 6.07) is 13.6. The van der Waals surface area contributed by atoms with E-state index in [0.717, 1.165) is 37.0 Å². The van der Waals surface area contributed by atoms with Crippen LogP contribution in [-0.4, -0.2) is 22.1 Å². The van der Waals surface area contributed by atoms with Crippen molar-refractivity contribution in [2.75, 3.05) is 13.7 Å². The van der Waals surface area contributed by atoms with Crippen LogP contribution in [0.4, 0.5) is 4.39 Å². The summed E-state index contributed by atoms with van der Waals surface area (Å²) in [6.07, 6.45) is 4.05. The summed E-state index contributed by atoms with van der Waals surface area (Å²) in [6.45, 7) is 0.358. The van der Waals surface area contributed by atoms with Gasteiger partial charge >= 0.3 is 0 Å². The standard InChI is InChI=1S/C20H24FNO3S/c1-25-19-9-7-17(8-10-19)20(11-2-3-12-20)15-22-26(23,24)14-16-5-4-6-18(21)13-16/h4-10,13,22H,2-3,11-12,14-15H2,1H3. The van der Waals surface area contributed by atoms with Crippen LogP contribution in [0.25, 0.3) is 0 Å². The van der Waals surface area contributed by atoms with Crippen molar-refractivity contribution in [3.63, 3.8) is 0 Å². The highest BCUT2D eigenvalue weighted by molar-refractivity contribution is 7.88. The molecule has 2 aromatic rings. The molecule has 0 bridgehead atoms. The first kappa shape index (κ1) is 18.9. The Morgan fingerprint density at radius 1 is 1.12 bits per heavy atom. The second kappa shape index (κ2) is 7.76. The van der Waals surface area contributed by atoms with Crippen LogP contribution >= 0.6 is 0 Å². The first-order valence-electron chi connectivity index (χ1n) is 8.79. The van der Waals surface area contributed by atoms with Gasteiger partial charge in [0.15, 0.2) is 0 Å². The van der Waals surface area contributed by atoms with Crippen molar-refractivity contribution in [2.24, 2.45) is 0 Å². The summed E-state index contributed by atoms with van der Waals surface area (Å²) in [5.41, 5.74) is 1.38. The molecule has 1 N–H and O–H groups in total. The predicted molar refractivity (Wildman–Crippen MR) is 100 cm³/mol. The van der Waals surface area contributed by atoms with Crippen LogP contribution in [0, 0.1) is 5.82 Å². The van der Waals surface area contributed by atoms with Gasteiger partial charge in [-0.2, -0.15) is 0 Å². The Morgan fingerprint density at radius 3 is 2.42 bits per heavy atom. The molecule has 3 rings (SSSR count). The lowest BCUT2D eigenvalue weighted by atomic mass is 9.79. The molecule has 1 aliphatic rings. The lowest BCUT2D eigenvalue weighted by Crippen LogP contribution is -2.39. The average molecular weight is 377 g/mol. The van der Waals surface area contributed by atoms with E-state index in [9.17, 15) is 12.8 Å². The van der Waals surface area contributed by atoms with Crippen LogP contribution in [-0.2, 0) is 21.2 Å². The molecule has 1 aliphatic carbocycles. The Bertz CT molecular complexity index is 844. The molecule has 0 atom stereocenters. The van der Waals surface area contributed by atoms with Gasteiger partial charge in [-0.3, -0.25) is 0 Å². The topological polar surface area (TPSA) is 55.4 Å². The van der Waals surface area contributed by atoms with Gasteiger partial charge in [0.1, 0.15) is 11.6 Å². The van der Waals surface area contributed by atoms with Gasteiger partial charge in [-0.05, 0) is 48.2 Å². The summed E-state index contributed by atoms with van der Waals surface area (Å²) in [7, 11) is -1.91. The van der Waals surface area contributed by atoms with E-state index in [1.54, 1.807) is 13.2 Å². The zero-order valence-electron chi connectivity index (χ0n) is 14.9. The van der Waals surface area contributed by atoms with Gasteiger partial charge in [0.25, 0.3) is 0 Å². The number of sulfonamides is 1. The van der Waals surface area contributed by atoms with E-state index in [0.29, 0.717) is 12.1 Å². The predicted octanol–water partition coefficient (Wildman–Crippen LogP) is 3.77. The van der Waals surface area contributed by atoms with E-state index < -0.39 is 15.8 Å². The number of nitrogens with one attached hydrogen (secondary N) is 1. The fourth-order valence-electron chi connectivity index (χ4n) is 3.71. The Hall–Kier alpha value is -1.92. The minimum Gasteiger partial charge on any atom is -0.497 e. The van der Waals surface area contributed by atoms with Crippen molar-refractivity contribution in [1.29, 1.82) is 0 Å². The van der Waals surface area contributed by atoms with Crippen molar-refractivity contribution in [3.8, 4) is 5.75 Å². The molecule has 0 aliphatic heterocycles. The first-order valence-corrected chi connectivity index (χ1v) is 10.4. The molecule has 1 saturated carbocycles. The molecule has 6 heteroatoms. The van der Waals surface area contributed by atoms with Gasteiger partial charge in [0, 0.05) is 12.0 Å². The second-order valence-corrected chi connectivity index (χ2v) is 8.73. The maximum Gasteiger partial charge on any atom is 0.215 e. The van der Waals surface area contributed by atoms with Crippen LogP contribution in [0.2, 0.25) is 0 Å². The van der Waals surface area contributed by atoms with Crippen molar-refractivity contribution < 1.29 is 17.5 Å². The van der Waals surface area contributed by atoms with Crippen LogP contribution in [0.3, 0.4) is 0 Å². The molecule has 0 aromatic heterocycles. The molecule has 0 unspecified atom stereocenters. The van der Waals surface area contributed by atoms with Crippen molar-refractivity contribution in [1.82, 2.24) is 4.72 Å². The number of benzene rings is 2. The van der Waals surface area contributed by atoms with Gasteiger partial charge in [0.2, 0.25) is 10.0 Å². The van der Waals surface area contributed by atoms with Gasteiger partial charge in [-0.1, -0.05) is 37.1 Å². The minimum absolute atomic E-state index is 0.193. The molecule has 1 fully saturated rings. The monoisotopic (exact) mass is 377 g/mol. The fourth-order valence-corrected chi connectivity index (χ4v) is 4.93. The highest BCUT2D eigenvalue weighted by Gasteiger charge is 2.36. The Morgan fingerprint density at radius 2 is 1.81 bits per heavy atom. The van der Waals surface area contributed by atoms with E-state index in [1.807, 2.05) is 24.3 Å². The zero-order chi connectivity index (χ0) is 18.6. The van der Waals surface area contributed by atoms with E-state index in [4.69, 9.17) is 4.74 Å². The summed E-state index contributed by atoms with van der Waals surface area (Å²) in [5, 5.41) is 0. The third kappa shape index (κ3) is 4.43. The van der Waals surface area contributed by atoms with Crippen molar-refractivity contribution in [3.05, 3.63) is 65.5 Å². The quantitative estimate of drug-likeness (QED) is 0.799. The molecule has 140 valence electrons. The zero-order valence-corrected chi connectivity index (χ0v) is 15.7. The van der Waals surface area contributed by atoms with E-state index in [1.165, 1.54) is 18.2 Å². The third-order valence-electron chi connectivity index (χ3n) is 5.14. The maximum atomic E-state index is 13.3. The first-order chi connectivity index (χ1) is 12.4. The number of hydrogen-bond donors (Lipinski definition) is 1. The maximum absolute atomic E-state index is 13.3. The van der Waals surface area contributed by atoms with Crippen LogP contribution in [0.5, 0.6) is 5.75 Å². The van der Waals surface area contributed by atoms with Gasteiger partial charge < -0.3 is 4.74 Å². The molecule has 0 amide bonds. The van der Waals surface area contributed by atoms with Crippen LogP contribution < -0.4 is 9.46 Å². The molecular formula is C20H24FNO3S. The van der Waals surface area contributed by atoms with Crippen LogP contribution in [0.1, 0.15) is 36.8 Å². The lowest BCUT2D eigenvalue weighted by Gasteiger charge is -2.30. The minimum atomic E-state index is -3.54. The average Bonchev–Trinajstić information content (AvgIpc) is 3.10. The number of hydrogen-bond acceptors (Lipinski definition) is 3.